The molecule has 1 radical (unpaired) electrons. The Balaban J connectivity index is 2.18. The fraction of sp³-hybridized carbons (Fsp3) is 0.571. The number of alkyl halides is 6. The predicted molar refractivity (Wildman–Crippen MR) is 68.4 cm³/mol. The second kappa shape index (κ2) is 6.45. The quantitative estimate of drug-likeness (QED) is 0.849. The minimum Gasteiger partial charge on any atom is -0.314 e. The zero-order valence-electron chi connectivity index (χ0n) is 11.6. The Hall–Kier alpha value is -1.28. The van der Waals surface area contributed by atoms with Crippen LogP contribution in [0.25, 0.3) is 0 Å². The number of benzene rings is 1. The molecule has 1 heterocycles. The van der Waals surface area contributed by atoms with Crippen LogP contribution in [0.1, 0.15) is 23.1 Å². The molecule has 1 aliphatic rings. The monoisotopic (exact) mass is 325 g/mol. The summed E-state index contributed by atoms with van der Waals surface area (Å²) in [6.07, 6.45) is -9.05. The van der Waals surface area contributed by atoms with E-state index in [1.165, 1.54) is 0 Å². The molecule has 1 unspecified atom stereocenters. The van der Waals surface area contributed by atoms with Gasteiger partial charge in [0.1, 0.15) is 0 Å². The van der Waals surface area contributed by atoms with Gasteiger partial charge in [-0.3, -0.25) is 0 Å². The Morgan fingerprint density at radius 3 is 2.05 bits per heavy atom. The lowest BCUT2D eigenvalue weighted by atomic mass is 9.99. The van der Waals surface area contributed by atoms with Crippen molar-refractivity contribution in [3.63, 3.8) is 0 Å². The number of rotatable bonds is 3. The maximum atomic E-state index is 12.7. The second-order valence-corrected chi connectivity index (χ2v) is 5.22. The number of hydrogen-bond donors (Lipinski definition) is 1. The van der Waals surface area contributed by atoms with Crippen LogP contribution in [0.5, 0.6) is 0 Å². The van der Waals surface area contributed by atoms with Crippen LogP contribution in [-0.4, -0.2) is 25.7 Å². The van der Waals surface area contributed by atoms with Crippen molar-refractivity contribution in [3.8, 4) is 0 Å². The van der Waals surface area contributed by atoms with Crippen LogP contribution in [0.15, 0.2) is 18.2 Å². The van der Waals surface area contributed by atoms with Crippen molar-refractivity contribution in [2.75, 3.05) is 19.6 Å². The number of piperazine rings is 1. The summed E-state index contributed by atoms with van der Waals surface area (Å²) in [6.45, 7) is 1.96. The minimum absolute atomic E-state index is 0.0305. The van der Waals surface area contributed by atoms with Gasteiger partial charge in [0.25, 0.3) is 0 Å². The van der Waals surface area contributed by atoms with Gasteiger partial charge in [0, 0.05) is 25.7 Å². The SMILES string of the molecule is FC(F)(F)c1cc(CCC2CNCC[N]2)cc(C(F)(F)F)c1. The van der Waals surface area contributed by atoms with E-state index < -0.39 is 23.5 Å². The molecule has 0 bridgehead atoms. The van der Waals surface area contributed by atoms with Crippen LogP contribution in [0.3, 0.4) is 0 Å². The summed E-state index contributed by atoms with van der Waals surface area (Å²) in [6, 6.07) is 1.64. The van der Waals surface area contributed by atoms with E-state index in [0.29, 0.717) is 19.5 Å². The first-order valence-corrected chi connectivity index (χ1v) is 6.82. The number of halogens is 6. The molecule has 0 aromatic heterocycles. The first kappa shape index (κ1) is 17.1. The number of aryl methyl sites for hydroxylation is 1. The molecule has 1 saturated heterocycles. The highest BCUT2D eigenvalue weighted by atomic mass is 19.4. The van der Waals surface area contributed by atoms with Crippen LogP contribution < -0.4 is 10.6 Å². The topological polar surface area (TPSA) is 26.1 Å². The van der Waals surface area contributed by atoms with E-state index in [1.807, 2.05) is 0 Å². The summed E-state index contributed by atoms with van der Waals surface area (Å²) in [5.41, 5.74) is -2.50. The van der Waals surface area contributed by atoms with Crippen molar-refractivity contribution in [3.05, 3.63) is 34.9 Å². The number of hydrogen-bond acceptors (Lipinski definition) is 1. The van der Waals surface area contributed by atoms with Gasteiger partial charge < -0.3 is 5.32 Å². The highest BCUT2D eigenvalue weighted by Crippen LogP contribution is 2.36. The lowest BCUT2D eigenvalue weighted by molar-refractivity contribution is -0.143. The van der Waals surface area contributed by atoms with Gasteiger partial charge in [-0.2, -0.15) is 26.3 Å². The van der Waals surface area contributed by atoms with Crippen molar-refractivity contribution in [1.82, 2.24) is 10.6 Å². The highest BCUT2D eigenvalue weighted by Gasteiger charge is 2.36. The summed E-state index contributed by atoms with van der Waals surface area (Å²) < 4.78 is 76.4. The van der Waals surface area contributed by atoms with Crippen molar-refractivity contribution >= 4 is 0 Å². The van der Waals surface area contributed by atoms with Gasteiger partial charge in [0.05, 0.1) is 11.1 Å². The maximum absolute atomic E-state index is 12.7. The Kier molecular flexibility index (Phi) is 5.01. The van der Waals surface area contributed by atoms with E-state index in [1.54, 1.807) is 0 Å². The molecular formula is C14H15F6N2. The molecule has 2 nitrogen and oxygen atoms in total. The average Bonchev–Trinajstić information content (AvgIpc) is 2.44. The Labute approximate surface area is 123 Å². The fourth-order valence-electron chi connectivity index (χ4n) is 2.35. The van der Waals surface area contributed by atoms with Gasteiger partial charge in [0.15, 0.2) is 0 Å². The molecule has 1 aromatic carbocycles. The number of nitrogens with one attached hydrogen (secondary N) is 1. The van der Waals surface area contributed by atoms with Gasteiger partial charge in [-0.05, 0) is 36.6 Å². The van der Waals surface area contributed by atoms with Crippen molar-refractivity contribution in [1.29, 1.82) is 0 Å². The Bertz CT molecular complexity index is 471. The molecule has 0 amide bonds. The van der Waals surface area contributed by atoms with E-state index in [2.05, 4.69) is 10.6 Å². The Morgan fingerprint density at radius 1 is 1.00 bits per heavy atom. The van der Waals surface area contributed by atoms with Crippen molar-refractivity contribution in [2.24, 2.45) is 0 Å². The molecule has 1 atom stereocenters. The summed E-state index contributed by atoms with van der Waals surface area (Å²) in [5, 5.41) is 7.37. The van der Waals surface area contributed by atoms with Crippen LogP contribution in [0.4, 0.5) is 26.3 Å². The van der Waals surface area contributed by atoms with Crippen molar-refractivity contribution in [2.45, 2.75) is 31.2 Å². The molecule has 2 rings (SSSR count). The third-order valence-corrected chi connectivity index (χ3v) is 3.47. The van der Waals surface area contributed by atoms with Gasteiger partial charge in [-0.25, -0.2) is 5.32 Å². The summed E-state index contributed by atoms with van der Waals surface area (Å²) in [4.78, 5) is 0. The van der Waals surface area contributed by atoms with Crippen LogP contribution >= 0.6 is 0 Å². The molecular weight excluding hydrogens is 310 g/mol. The smallest absolute Gasteiger partial charge is 0.314 e. The second-order valence-electron chi connectivity index (χ2n) is 5.22. The summed E-state index contributed by atoms with van der Waals surface area (Å²) in [5.74, 6) is 0. The van der Waals surface area contributed by atoms with Crippen LogP contribution in [0.2, 0.25) is 0 Å². The van der Waals surface area contributed by atoms with E-state index in [0.717, 1.165) is 18.7 Å². The molecule has 123 valence electrons. The zero-order chi connectivity index (χ0) is 16.4. The third kappa shape index (κ3) is 4.61. The van der Waals surface area contributed by atoms with E-state index >= 15 is 0 Å². The largest absolute Gasteiger partial charge is 0.416 e. The first-order valence-electron chi connectivity index (χ1n) is 6.82. The molecule has 1 aliphatic heterocycles. The molecule has 0 spiro atoms. The zero-order valence-corrected chi connectivity index (χ0v) is 11.6. The third-order valence-electron chi connectivity index (χ3n) is 3.47. The van der Waals surface area contributed by atoms with Gasteiger partial charge in [-0.15, -0.1) is 0 Å². The standard InChI is InChI=1S/C14H15F6N2/c15-13(16,17)10-5-9(6-11(7-10)14(18,19)20)1-2-12-8-21-3-4-22-12/h5-7,12,21H,1-4,8H2. The molecule has 1 fully saturated rings. The predicted octanol–water partition coefficient (Wildman–Crippen LogP) is 3.23. The molecule has 1 N–H and O–H groups in total. The summed E-state index contributed by atoms with van der Waals surface area (Å²) in [7, 11) is 0. The molecule has 0 saturated carbocycles. The van der Waals surface area contributed by atoms with Crippen molar-refractivity contribution < 1.29 is 26.3 Å². The highest BCUT2D eigenvalue weighted by molar-refractivity contribution is 5.33. The lowest BCUT2D eigenvalue weighted by Gasteiger charge is -2.23. The van der Waals surface area contributed by atoms with E-state index in [9.17, 15) is 26.3 Å². The maximum Gasteiger partial charge on any atom is 0.416 e. The van der Waals surface area contributed by atoms with Gasteiger partial charge in [0.2, 0.25) is 0 Å². The summed E-state index contributed by atoms with van der Waals surface area (Å²) >= 11 is 0. The normalized spacial score (nSPS) is 20.2. The first-order chi connectivity index (χ1) is 10.2. The molecule has 8 heteroatoms. The van der Waals surface area contributed by atoms with Gasteiger partial charge in [-0.1, -0.05) is 0 Å². The minimum atomic E-state index is -4.80. The van der Waals surface area contributed by atoms with E-state index in [4.69, 9.17) is 0 Å². The molecule has 22 heavy (non-hydrogen) atoms. The Morgan fingerprint density at radius 2 is 1.59 bits per heavy atom. The fourth-order valence-corrected chi connectivity index (χ4v) is 2.35. The van der Waals surface area contributed by atoms with Gasteiger partial charge >= 0.3 is 12.4 Å². The lowest BCUT2D eigenvalue weighted by Crippen LogP contribution is -2.44. The average molecular weight is 325 g/mol. The van der Waals surface area contributed by atoms with E-state index in [-0.39, 0.29) is 24.1 Å². The number of nitrogens with zero attached hydrogens (tertiary/aromatic N) is 1. The van der Waals surface area contributed by atoms with Crippen LogP contribution in [0, 0.1) is 0 Å². The van der Waals surface area contributed by atoms with Crippen LogP contribution in [-0.2, 0) is 18.8 Å². The molecule has 0 aliphatic carbocycles. The molecule has 1 aromatic rings.